The third-order valence-electron chi connectivity index (χ3n) is 2.28. The minimum absolute atomic E-state index is 0.155. The highest BCUT2D eigenvalue weighted by Crippen LogP contribution is 2.34. The Morgan fingerprint density at radius 2 is 2.00 bits per heavy atom. The molecule has 0 saturated heterocycles. The van der Waals surface area contributed by atoms with Gasteiger partial charge in [0.2, 0.25) is 6.10 Å². The Labute approximate surface area is 98.1 Å². The molecule has 1 aromatic carbocycles. The smallest absolute Gasteiger partial charge is 0.419 e. The molecule has 8 heteroatoms. The van der Waals surface area contributed by atoms with Crippen molar-refractivity contribution in [2.75, 3.05) is 0 Å². The number of halogens is 4. The minimum Gasteiger partial charge on any atom is -0.447 e. The maximum absolute atomic E-state index is 13.0. The van der Waals surface area contributed by atoms with Crippen molar-refractivity contribution >= 4 is 11.9 Å². The average Bonchev–Trinajstić information content (AvgIpc) is 2.57. The second-order valence-corrected chi connectivity index (χ2v) is 3.52. The van der Waals surface area contributed by atoms with E-state index in [-0.39, 0.29) is 5.56 Å². The van der Waals surface area contributed by atoms with Gasteiger partial charge in [0.15, 0.2) is 0 Å². The number of benzene rings is 1. The standard InChI is InChI=1S/C10H6F4N2O2/c11-6-2-1-4(3-5(6)10(12,13)14)7-8(17)16-9(15)18-7/h1-3,7H,(H2,15,16,17). The number of aliphatic imine (C=N–C) groups is 1. The summed E-state index contributed by atoms with van der Waals surface area (Å²) in [6, 6.07) is 1.71. The van der Waals surface area contributed by atoms with Crippen LogP contribution < -0.4 is 5.73 Å². The number of rotatable bonds is 1. The van der Waals surface area contributed by atoms with E-state index in [0.29, 0.717) is 12.1 Å². The number of ether oxygens (including phenoxy) is 1. The molecular weight excluding hydrogens is 256 g/mol. The van der Waals surface area contributed by atoms with Crippen LogP contribution in [-0.2, 0) is 15.7 Å². The summed E-state index contributed by atoms with van der Waals surface area (Å²) in [7, 11) is 0. The van der Waals surface area contributed by atoms with E-state index in [1.807, 2.05) is 0 Å². The van der Waals surface area contributed by atoms with E-state index in [2.05, 4.69) is 4.99 Å². The zero-order valence-electron chi connectivity index (χ0n) is 8.66. The van der Waals surface area contributed by atoms with E-state index in [1.165, 1.54) is 0 Å². The summed E-state index contributed by atoms with van der Waals surface area (Å²) in [5.41, 5.74) is 3.49. The highest BCUT2D eigenvalue weighted by Gasteiger charge is 2.37. The Morgan fingerprint density at radius 3 is 2.50 bits per heavy atom. The molecule has 0 spiro atoms. The third-order valence-corrected chi connectivity index (χ3v) is 2.28. The summed E-state index contributed by atoms with van der Waals surface area (Å²) in [4.78, 5) is 14.5. The van der Waals surface area contributed by atoms with Gasteiger partial charge in [-0.15, -0.1) is 0 Å². The maximum Gasteiger partial charge on any atom is 0.419 e. The molecule has 1 aliphatic rings. The molecule has 0 fully saturated rings. The van der Waals surface area contributed by atoms with Gasteiger partial charge in [-0.25, -0.2) is 4.39 Å². The maximum atomic E-state index is 13.0. The van der Waals surface area contributed by atoms with Gasteiger partial charge in [-0.2, -0.15) is 18.2 Å². The molecule has 2 rings (SSSR count). The molecule has 1 heterocycles. The molecule has 0 aliphatic carbocycles. The number of carbonyl (C=O) groups excluding carboxylic acids is 1. The van der Waals surface area contributed by atoms with Gasteiger partial charge in [0.25, 0.3) is 11.9 Å². The van der Waals surface area contributed by atoms with Crippen molar-refractivity contribution in [2.24, 2.45) is 10.7 Å². The number of amides is 1. The molecule has 1 aromatic rings. The minimum atomic E-state index is -4.85. The van der Waals surface area contributed by atoms with Gasteiger partial charge in [-0.3, -0.25) is 4.79 Å². The number of alkyl halides is 3. The summed E-state index contributed by atoms with van der Waals surface area (Å²) >= 11 is 0. The van der Waals surface area contributed by atoms with Crippen LogP contribution in [0.1, 0.15) is 17.2 Å². The number of carbonyl (C=O) groups is 1. The Balaban J connectivity index is 2.40. The summed E-state index contributed by atoms with van der Waals surface area (Å²) in [6.45, 7) is 0. The molecule has 2 N–H and O–H groups in total. The van der Waals surface area contributed by atoms with Crippen LogP contribution in [0.3, 0.4) is 0 Å². The second-order valence-electron chi connectivity index (χ2n) is 3.52. The lowest BCUT2D eigenvalue weighted by atomic mass is 10.0. The average molecular weight is 262 g/mol. The van der Waals surface area contributed by atoms with Crippen LogP contribution in [0, 0.1) is 5.82 Å². The van der Waals surface area contributed by atoms with Crippen molar-refractivity contribution in [1.82, 2.24) is 0 Å². The molecule has 18 heavy (non-hydrogen) atoms. The van der Waals surface area contributed by atoms with Gasteiger partial charge in [0.05, 0.1) is 5.56 Å². The van der Waals surface area contributed by atoms with Gasteiger partial charge in [-0.05, 0) is 12.1 Å². The predicted molar refractivity (Wildman–Crippen MR) is 51.9 cm³/mol. The van der Waals surface area contributed by atoms with Gasteiger partial charge in [-0.1, -0.05) is 6.07 Å². The molecule has 1 atom stereocenters. The van der Waals surface area contributed by atoms with Gasteiger partial charge >= 0.3 is 6.18 Å². The quantitative estimate of drug-likeness (QED) is 0.784. The van der Waals surface area contributed by atoms with Crippen molar-refractivity contribution < 1.29 is 27.1 Å². The first kappa shape index (κ1) is 12.3. The SMILES string of the molecule is NC1=NC(=O)C(c2ccc(F)c(C(F)(F)F)c2)O1. The van der Waals surface area contributed by atoms with Crippen LogP contribution in [0.5, 0.6) is 0 Å². The topological polar surface area (TPSA) is 64.7 Å². The lowest BCUT2D eigenvalue weighted by Crippen LogP contribution is -2.15. The number of hydrogen-bond donors (Lipinski definition) is 1. The second kappa shape index (κ2) is 3.97. The van der Waals surface area contributed by atoms with Crippen molar-refractivity contribution in [3.63, 3.8) is 0 Å². The number of nitrogens with zero attached hydrogens (tertiary/aromatic N) is 1. The lowest BCUT2D eigenvalue weighted by molar-refractivity contribution is -0.140. The summed E-state index contributed by atoms with van der Waals surface area (Å²) in [5, 5.41) is 0. The predicted octanol–water partition coefficient (Wildman–Crippen LogP) is 1.76. The Bertz CT molecular complexity index is 539. The molecule has 0 bridgehead atoms. The first-order valence-electron chi connectivity index (χ1n) is 4.70. The van der Waals surface area contributed by atoms with Crippen LogP contribution in [0.25, 0.3) is 0 Å². The molecular formula is C10H6F4N2O2. The van der Waals surface area contributed by atoms with Gasteiger partial charge in [0, 0.05) is 5.56 Å². The molecule has 96 valence electrons. The lowest BCUT2D eigenvalue weighted by Gasteiger charge is -2.12. The largest absolute Gasteiger partial charge is 0.447 e. The van der Waals surface area contributed by atoms with Crippen molar-refractivity contribution in [2.45, 2.75) is 12.3 Å². The molecule has 0 aromatic heterocycles. The Kier molecular flexibility index (Phi) is 2.72. The zero-order chi connectivity index (χ0) is 13.5. The van der Waals surface area contributed by atoms with E-state index >= 15 is 0 Å². The molecule has 0 radical (unpaired) electrons. The van der Waals surface area contributed by atoms with Crippen molar-refractivity contribution in [1.29, 1.82) is 0 Å². The van der Waals surface area contributed by atoms with Crippen molar-refractivity contribution in [3.8, 4) is 0 Å². The Morgan fingerprint density at radius 1 is 1.33 bits per heavy atom. The molecule has 1 aliphatic heterocycles. The monoisotopic (exact) mass is 262 g/mol. The number of nitrogens with two attached hydrogens (primary N) is 1. The summed E-state index contributed by atoms with van der Waals surface area (Å²) in [5.74, 6) is -2.25. The summed E-state index contributed by atoms with van der Waals surface area (Å²) in [6.07, 6.45) is -6.21. The zero-order valence-corrected chi connectivity index (χ0v) is 8.66. The van der Waals surface area contributed by atoms with Gasteiger partial charge in [0.1, 0.15) is 5.82 Å². The molecule has 4 nitrogen and oxygen atoms in total. The first-order valence-corrected chi connectivity index (χ1v) is 4.70. The molecule has 0 saturated carbocycles. The molecule has 1 unspecified atom stereocenters. The van der Waals surface area contributed by atoms with Gasteiger partial charge < -0.3 is 10.5 Å². The van der Waals surface area contributed by atoms with E-state index in [0.717, 1.165) is 6.07 Å². The normalized spacial score (nSPS) is 19.7. The fraction of sp³-hybridized carbons (Fsp3) is 0.200. The van der Waals surface area contributed by atoms with Crippen LogP contribution >= 0.6 is 0 Å². The third kappa shape index (κ3) is 2.13. The van der Waals surface area contributed by atoms with Crippen LogP contribution in [0.15, 0.2) is 23.2 Å². The van der Waals surface area contributed by atoms with Crippen molar-refractivity contribution in [3.05, 3.63) is 35.1 Å². The molecule has 1 amide bonds. The highest BCUT2D eigenvalue weighted by molar-refractivity contribution is 5.98. The first-order chi connectivity index (χ1) is 8.29. The number of hydrogen-bond acceptors (Lipinski definition) is 3. The van der Waals surface area contributed by atoms with Crippen LogP contribution in [0.4, 0.5) is 17.6 Å². The fourth-order valence-corrected chi connectivity index (χ4v) is 1.50. The summed E-state index contributed by atoms with van der Waals surface area (Å²) < 4.78 is 55.2. The van der Waals surface area contributed by atoms with Crippen LogP contribution in [-0.4, -0.2) is 11.9 Å². The van der Waals surface area contributed by atoms with E-state index in [4.69, 9.17) is 10.5 Å². The highest BCUT2D eigenvalue weighted by atomic mass is 19.4. The van der Waals surface area contributed by atoms with E-state index in [1.54, 1.807) is 0 Å². The van der Waals surface area contributed by atoms with Crippen LogP contribution in [0.2, 0.25) is 0 Å². The number of amidine groups is 1. The Hall–Kier alpha value is -2.12. The fourth-order valence-electron chi connectivity index (χ4n) is 1.50. The van der Waals surface area contributed by atoms with E-state index in [9.17, 15) is 22.4 Å². The van der Waals surface area contributed by atoms with E-state index < -0.39 is 35.6 Å².